The van der Waals surface area contributed by atoms with E-state index in [0.717, 1.165) is 22.8 Å². The van der Waals surface area contributed by atoms with Crippen molar-refractivity contribution >= 4 is 39.9 Å². The maximum Gasteiger partial charge on any atom is 0.339 e. The van der Waals surface area contributed by atoms with Crippen LogP contribution in [0.1, 0.15) is 31.8 Å². The van der Waals surface area contributed by atoms with Crippen LogP contribution in [0.5, 0.6) is 0 Å². The van der Waals surface area contributed by atoms with Crippen LogP contribution >= 0.6 is 11.6 Å². The van der Waals surface area contributed by atoms with Crippen LogP contribution in [-0.4, -0.2) is 28.3 Å². The first-order valence-electron chi connectivity index (χ1n) is 10.4. The van der Waals surface area contributed by atoms with Crippen LogP contribution in [-0.2, 0) is 4.74 Å². The summed E-state index contributed by atoms with van der Waals surface area (Å²) in [6.07, 6.45) is 0. The first-order chi connectivity index (χ1) is 16.2. The molecule has 1 heterocycles. The number of carbonyl (C=O) groups is 2. The summed E-state index contributed by atoms with van der Waals surface area (Å²) in [4.78, 5) is 40.7. The second kappa shape index (κ2) is 9.41. The van der Waals surface area contributed by atoms with Gasteiger partial charge >= 0.3 is 5.97 Å². The van der Waals surface area contributed by atoms with Gasteiger partial charge < -0.3 is 4.74 Å². The van der Waals surface area contributed by atoms with E-state index in [-0.39, 0.29) is 16.8 Å². The van der Waals surface area contributed by atoms with Crippen molar-refractivity contribution in [2.75, 3.05) is 6.61 Å². The zero-order valence-corrected chi connectivity index (χ0v) is 19.1. The fourth-order valence-electron chi connectivity index (χ4n) is 3.53. The molecule has 4 aromatic rings. The molecule has 170 valence electrons. The third kappa shape index (κ3) is 4.65. The van der Waals surface area contributed by atoms with Gasteiger partial charge in [-0.3, -0.25) is 14.9 Å². The predicted molar refractivity (Wildman–Crippen MR) is 129 cm³/mol. The lowest BCUT2D eigenvalue weighted by molar-refractivity contribution is -0.384. The molecule has 0 fully saturated rings. The maximum absolute atomic E-state index is 13.1. The highest BCUT2D eigenvalue weighted by Gasteiger charge is 2.19. The van der Waals surface area contributed by atoms with E-state index in [2.05, 4.69) is 0 Å². The Morgan fingerprint density at radius 1 is 1.03 bits per heavy atom. The SMILES string of the molecule is Cc1ccc(-c2cc(C(=O)OCC(=O)c3cccc([N+](=O)[O-])c3)c3ccc(Cl)c(C)c3n2)cc1. The van der Waals surface area contributed by atoms with Crippen LogP contribution in [0.4, 0.5) is 5.69 Å². The smallest absolute Gasteiger partial charge is 0.339 e. The summed E-state index contributed by atoms with van der Waals surface area (Å²) in [7, 11) is 0. The second-order valence-corrected chi connectivity index (χ2v) is 8.20. The van der Waals surface area contributed by atoms with Gasteiger partial charge in [-0.1, -0.05) is 59.6 Å². The molecule has 0 saturated carbocycles. The molecular formula is C26H19ClN2O5. The molecule has 0 unspecified atom stereocenters. The number of Topliss-reactive ketones (excluding diaryl/α,β-unsaturated/α-hetero) is 1. The number of esters is 1. The largest absolute Gasteiger partial charge is 0.454 e. The van der Waals surface area contributed by atoms with Crippen molar-refractivity contribution in [3.05, 3.63) is 104 Å². The molecule has 0 amide bonds. The van der Waals surface area contributed by atoms with Crippen LogP contribution < -0.4 is 0 Å². The number of halogens is 1. The minimum absolute atomic E-state index is 0.0876. The Balaban J connectivity index is 1.68. The summed E-state index contributed by atoms with van der Waals surface area (Å²) in [5.41, 5.74) is 3.85. The number of nitro groups is 1. The Bertz CT molecular complexity index is 1450. The van der Waals surface area contributed by atoms with E-state index in [1.54, 1.807) is 18.2 Å². The Morgan fingerprint density at radius 3 is 2.47 bits per heavy atom. The van der Waals surface area contributed by atoms with Crippen molar-refractivity contribution in [3.8, 4) is 11.3 Å². The minimum atomic E-state index is -0.707. The molecule has 3 aromatic carbocycles. The summed E-state index contributed by atoms with van der Waals surface area (Å²) in [6, 6.07) is 18.0. The molecule has 0 N–H and O–H groups in total. The number of fused-ring (bicyclic) bond motifs is 1. The summed E-state index contributed by atoms with van der Waals surface area (Å²) in [6.45, 7) is 3.23. The number of rotatable bonds is 6. The van der Waals surface area contributed by atoms with Crippen LogP contribution in [0.15, 0.2) is 66.7 Å². The van der Waals surface area contributed by atoms with E-state index >= 15 is 0 Å². The number of hydrogen-bond donors (Lipinski definition) is 0. The van der Waals surface area contributed by atoms with E-state index in [1.165, 1.54) is 18.2 Å². The highest BCUT2D eigenvalue weighted by atomic mass is 35.5. The normalized spacial score (nSPS) is 10.8. The van der Waals surface area contributed by atoms with Gasteiger partial charge in [-0.25, -0.2) is 9.78 Å². The first kappa shape index (κ1) is 23.1. The van der Waals surface area contributed by atoms with E-state index in [4.69, 9.17) is 21.3 Å². The lowest BCUT2D eigenvalue weighted by atomic mass is 10.0. The third-order valence-corrected chi connectivity index (χ3v) is 5.86. The van der Waals surface area contributed by atoms with Crippen molar-refractivity contribution in [2.45, 2.75) is 13.8 Å². The van der Waals surface area contributed by atoms with E-state index in [9.17, 15) is 19.7 Å². The summed E-state index contributed by atoms with van der Waals surface area (Å²) in [5.74, 6) is -1.25. The van der Waals surface area contributed by atoms with Crippen LogP contribution in [0.25, 0.3) is 22.2 Å². The molecule has 0 saturated heterocycles. The van der Waals surface area contributed by atoms with Crippen LogP contribution in [0.3, 0.4) is 0 Å². The number of hydrogen-bond acceptors (Lipinski definition) is 6. The quantitative estimate of drug-likeness (QED) is 0.144. The number of ether oxygens (including phenoxy) is 1. The number of aromatic nitrogens is 1. The zero-order chi connectivity index (χ0) is 24.4. The van der Waals surface area contributed by atoms with Gasteiger partial charge in [-0.2, -0.15) is 0 Å². The molecule has 4 rings (SSSR count). The lowest BCUT2D eigenvalue weighted by Gasteiger charge is -2.12. The van der Waals surface area contributed by atoms with Gasteiger partial charge in [0.2, 0.25) is 5.78 Å². The molecule has 0 aliphatic rings. The Labute approximate surface area is 200 Å². The van der Waals surface area contributed by atoms with Crippen molar-refractivity contribution in [1.82, 2.24) is 4.98 Å². The molecule has 0 spiro atoms. The monoisotopic (exact) mass is 474 g/mol. The Hall–Kier alpha value is -4.10. The van der Waals surface area contributed by atoms with Gasteiger partial charge in [0.15, 0.2) is 6.61 Å². The number of nitrogens with zero attached hydrogens (tertiary/aromatic N) is 2. The van der Waals surface area contributed by atoms with Crippen LogP contribution in [0, 0.1) is 24.0 Å². The standard InChI is InChI=1S/C26H19ClN2O5/c1-15-6-8-17(9-7-15)23-13-21(20-10-11-22(27)16(2)25(20)28-23)26(31)34-14-24(30)18-4-3-5-19(12-18)29(32)33/h3-13H,14H2,1-2H3. The highest BCUT2D eigenvalue weighted by molar-refractivity contribution is 6.32. The maximum atomic E-state index is 13.1. The van der Waals surface area contributed by atoms with Crippen molar-refractivity contribution in [1.29, 1.82) is 0 Å². The first-order valence-corrected chi connectivity index (χ1v) is 10.7. The summed E-state index contributed by atoms with van der Waals surface area (Å²) in [5, 5.41) is 12.0. The van der Waals surface area contributed by atoms with Crippen molar-refractivity contribution < 1.29 is 19.2 Å². The number of nitro benzene ring substituents is 1. The fourth-order valence-corrected chi connectivity index (χ4v) is 3.68. The van der Waals surface area contributed by atoms with Gasteiger partial charge in [0, 0.05) is 33.7 Å². The van der Waals surface area contributed by atoms with Gasteiger partial charge in [0.1, 0.15) is 0 Å². The second-order valence-electron chi connectivity index (χ2n) is 7.80. The number of aryl methyl sites for hydroxylation is 2. The molecular weight excluding hydrogens is 456 g/mol. The molecule has 1 aromatic heterocycles. The summed E-state index contributed by atoms with van der Waals surface area (Å²) < 4.78 is 5.31. The topological polar surface area (TPSA) is 99.4 Å². The van der Waals surface area contributed by atoms with Gasteiger partial charge in [-0.05, 0) is 31.5 Å². The van der Waals surface area contributed by atoms with Gasteiger partial charge in [0.25, 0.3) is 5.69 Å². The number of pyridine rings is 1. The van der Waals surface area contributed by atoms with Crippen LogP contribution in [0.2, 0.25) is 5.02 Å². The average Bonchev–Trinajstić information content (AvgIpc) is 2.84. The Morgan fingerprint density at radius 2 is 1.76 bits per heavy atom. The number of non-ortho nitro benzene ring substituents is 1. The van der Waals surface area contributed by atoms with Gasteiger partial charge in [0.05, 0.1) is 21.7 Å². The average molecular weight is 475 g/mol. The lowest BCUT2D eigenvalue weighted by Crippen LogP contribution is -2.15. The Kier molecular flexibility index (Phi) is 6.38. The molecule has 34 heavy (non-hydrogen) atoms. The number of benzene rings is 3. The van der Waals surface area contributed by atoms with Gasteiger partial charge in [-0.15, -0.1) is 0 Å². The summed E-state index contributed by atoms with van der Waals surface area (Å²) >= 11 is 6.30. The van der Waals surface area contributed by atoms with Crippen molar-refractivity contribution in [2.24, 2.45) is 0 Å². The molecule has 0 aliphatic heterocycles. The number of ketones is 1. The van der Waals surface area contributed by atoms with Crippen molar-refractivity contribution in [3.63, 3.8) is 0 Å². The molecule has 7 nitrogen and oxygen atoms in total. The fraction of sp³-hybridized carbons (Fsp3) is 0.115. The number of carbonyl (C=O) groups excluding carboxylic acids is 2. The predicted octanol–water partition coefficient (Wildman–Crippen LogP) is 6.12. The zero-order valence-electron chi connectivity index (χ0n) is 18.4. The third-order valence-electron chi connectivity index (χ3n) is 5.45. The minimum Gasteiger partial charge on any atom is -0.454 e. The molecule has 0 radical (unpaired) electrons. The van der Waals surface area contributed by atoms with E-state index < -0.39 is 23.3 Å². The molecule has 8 heteroatoms. The molecule has 0 bridgehead atoms. The molecule has 0 atom stereocenters. The highest BCUT2D eigenvalue weighted by Crippen LogP contribution is 2.30. The molecule has 0 aliphatic carbocycles. The van der Waals surface area contributed by atoms with E-state index in [1.807, 2.05) is 38.1 Å². The van der Waals surface area contributed by atoms with E-state index in [0.29, 0.717) is 21.6 Å².